The zero-order chi connectivity index (χ0) is 15.5. The third-order valence-electron chi connectivity index (χ3n) is 2.56. The highest BCUT2D eigenvalue weighted by atomic mass is 32.3. The van der Waals surface area contributed by atoms with Crippen LogP contribution in [0, 0.1) is 0 Å². The molecule has 0 atom stereocenters. The van der Waals surface area contributed by atoms with Crippen molar-refractivity contribution in [3.05, 3.63) is 60.7 Å². The van der Waals surface area contributed by atoms with Crippen molar-refractivity contribution in [2.24, 2.45) is 0 Å². The Morgan fingerprint density at radius 1 is 0.762 bits per heavy atom. The lowest BCUT2D eigenvalue weighted by atomic mass is 10.3. The topological polar surface area (TPSA) is 91.7 Å². The van der Waals surface area contributed by atoms with E-state index in [2.05, 4.69) is 0 Å². The average Bonchev–Trinajstić information content (AvgIpc) is 2.38. The van der Waals surface area contributed by atoms with Gasteiger partial charge in [-0.25, -0.2) is 12.7 Å². The van der Waals surface area contributed by atoms with Crippen LogP contribution >= 0.6 is 0 Å². The zero-order valence-electron chi connectivity index (χ0n) is 10.8. The lowest BCUT2D eigenvalue weighted by Gasteiger charge is -2.23. The second kappa shape index (κ2) is 5.84. The molecule has 0 aliphatic carbocycles. The number of sulfonamides is 1. The van der Waals surface area contributed by atoms with E-state index in [-0.39, 0.29) is 11.4 Å². The maximum atomic E-state index is 12.3. The largest absolute Gasteiger partial charge is 0.285 e. The van der Waals surface area contributed by atoms with Crippen molar-refractivity contribution in [1.29, 1.82) is 0 Å². The van der Waals surface area contributed by atoms with Crippen molar-refractivity contribution >= 4 is 31.5 Å². The Bertz CT molecular complexity index is 763. The van der Waals surface area contributed by atoms with Gasteiger partial charge in [0.25, 0.3) is 20.1 Å². The number of para-hydroxylation sites is 2. The minimum Gasteiger partial charge on any atom is -0.285 e. The number of rotatable bonds is 5. The molecule has 0 aliphatic rings. The van der Waals surface area contributed by atoms with Gasteiger partial charge in [0.05, 0.1) is 11.4 Å². The van der Waals surface area contributed by atoms with Gasteiger partial charge in [-0.15, -0.1) is 0 Å². The summed E-state index contributed by atoms with van der Waals surface area (Å²) in [4.78, 5) is 0. The van der Waals surface area contributed by atoms with E-state index in [9.17, 15) is 16.8 Å². The molecule has 0 saturated heterocycles. The summed E-state index contributed by atoms with van der Waals surface area (Å²) in [5.74, 6) is 0. The Kier molecular flexibility index (Phi) is 4.31. The zero-order valence-corrected chi connectivity index (χ0v) is 12.5. The lowest BCUT2D eigenvalue weighted by molar-refractivity contribution is 0.487. The molecule has 0 heterocycles. The Labute approximate surface area is 123 Å². The first-order valence-electron chi connectivity index (χ1n) is 5.88. The lowest BCUT2D eigenvalue weighted by Crippen LogP contribution is -2.31. The van der Waals surface area contributed by atoms with Crippen molar-refractivity contribution in [3.8, 4) is 0 Å². The van der Waals surface area contributed by atoms with Gasteiger partial charge in [0, 0.05) is 0 Å². The Hall–Kier alpha value is -1.90. The number of hydrogen-bond donors (Lipinski definition) is 1. The van der Waals surface area contributed by atoms with Crippen molar-refractivity contribution in [2.45, 2.75) is 0 Å². The Morgan fingerprint density at radius 3 is 1.48 bits per heavy atom. The molecule has 0 aliphatic heterocycles. The highest BCUT2D eigenvalue weighted by Gasteiger charge is 2.29. The summed E-state index contributed by atoms with van der Waals surface area (Å²) in [6, 6.07) is 16.1. The Morgan fingerprint density at radius 2 is 1.14 bits per heavy atom. The number of hydrogen-bond acceptors (Lipinski definition) is 4. The molecule has 0 spiro atoms. The first-order chi connectivity index (χ1) is 9.80. The minimum absolute atomic E-state index is 0.285. The van der Waals surface area contributed by atoms with E-state index in [1.54, 1.807) is 36.4 Å². The minimum atomic E-state index is -4.67. The fourth-order valence-electron chi connectivity index (χ4n) is 1.84. The second-order valence-electron chi connectivity index (χ2n) is 4.25. The normalized spacial score (nSPS) is 12.0. The molecule has 2 aromatic rings. The van der Waals surface area contributed by atoms with Crippen LogP contribution in [0.5, 0.6) is 0 Å². The molecular formula is C13H13NO5S2. The predicted octanol–water partition coefficient (Wildman–Crippen LogP) is 2.00. The van der Waals surface area contributed by atoms with Gasteiger partial charge in [-0.1, -0.05) is 36.4 Å². The van der Waals surface area contributed by atoms with Crippen LogP contribution in [-0.4, -0.2) is 26.5 Å². The highest BCUT2D eigenvalue weighted by molar-refractivity contribution is 8.06. The molecule has 0 radical (unpaired) electrons. The van der Waals surface area contributed by atoms with E-state index < -0.39 is 25.2 Å². The van der Waals surface area contributed by atoms with Crippen molar-refractivity contribution < 1.29 is 21.4 Å². The van der Waals surface area contributed by atoms with E-state index in [0.29, 0.717) is 0 Å². The smallest absolute Gasteiger partial charge is 0.281 e. The van der Waals surface area contributed by atoms with Crippen LogP contribution in [0.15, 0.2) is 60.7 Å². The van der Waals surface area contributed by atoms with Gasteiger partial charge in [0.15, 0.2) is 5.08 Å². The number of benzene rings is 2. The van der Waals surface area contributed by atoms with Crippen LogP contribution in [-0.2, 0) is 20.1 Å². The van der Waals surface area contributed by atoms with Gasteiger partial charge >= 0.3 is 0 Å². The van der Waals surface area contributed by atoms with Crippen LogP contribution in [0.4, 0.5) is 11.4 Å². The van der Waals surface area contributed by atoms with Crippen LogP contribution < -0.4 is 4.31 Å². The number of anilines is 2. The molecule has 0 bridgehead atoms. The molecule has 0 unspecified atom stereocenters. The molecule has 6 nitrogen and oxygen atoms in total. The maximum Gasteiger partial charge on any atom is 0.281 e. The standard InChI is InChI=1S/C13H13NO5S2/c15-20(16,11-21(17,18)19)14(12-7-3-1-4-8-12)13-9-5-2-6-10-13/h1-10H,11H2,(H,17,18,19). The summed E-state index contributed by atoms with van der Waals surface area (Å²) in [5, 5.41) is -1.39. The van der Waals surface area contributed by atoms with Gasteiger partial charge in [0.1, 0.15) is 0 Å². The van der Waals surface area contributed by atoms with Crippen LogP contribution in [0.25, 0.3) is 0 Å². The molecule has 21 heavy (non-hydrogen) atoms. The highest BCUT2D eigenvalue weighted by Crippen LogP contribution is 2.28. The Balaban J connectivity index is 2.58. The van der Waals surface area contributed by atoms with Crippen LogP contribution in [0.2, 0.25) is 0 Å². The average molecular weight is 327 g/mol. The van der Waals surface area contributed by atoms with Gasteiger partial charge in [0.2, 0.25) is 0 Å². The first kappa shape index (κ1) is 15.5. The van der Waals surface area contributed by atoms with E-state index in [0.717, 1.165) is 4.31 Å². The van der Waals surface area contributed by atoms with Gasteiger partial charge in [-0.3, -0.25) is 4.55 Å². The number of nitrogens with zero attached hydrogens (tertiary/aromatic N) is 1. The summed E-state index contributed by atoms with van der Waals surface area (Å²) >= 11 is 0. The predicted molar refractivity (Wildman–Crippen MR) is 80.4 cm³/mol. The molecule has 1 N–H and O–H groups in total. The summed E-state index contributed by atoms with van der Waals surface area (Å²) in [5.41, 5.74) is 0.569. The fourth-order valence-corrected chi connectivity index (χ4v) is 4.65. The molecular weight excluding hydrogens is 314 g/mol. The molecule has 2 aromatic carbocycles. The maximum absolute atomic E-state index is 12.3. The second-order valence-corrected chi connectivity index (χ2v) is 7.88. The molecule has 0 amide bonds. The molecule has 2 rings (SSSR count). The summed E-state index contributed by atoms with van der Waals surface area (Å²) in [6.07, 6.45) is 0. The molecule has 0 aromatic heterocycles. The van der Waals surface area contributed by atoms with Crippen molar-refractivity contribution in [1.82, 2.24) is 0 Å². The van der Waals surface area contributed by atoms with Gasteiger partial charge < -0.3 is 0 Å². The van der Waals surface area contributed by atoms with E-state index in [1.807, 2.05) is 0 Å². The van der Waals surface area contributed by atoms with E-state index >= 15 is 0 Å². The first-order valence-corrected chi connectivity index (χ1v) is 9.10. The summed E-state index contributed by atoms with van der Waals surface area (Å²) in [6.45, 7) is 0. The van der Waals surface area contributed by atoms with Gasteiger partial charge in [-0.05, 0) is 24.3 Å². The van der Waals surface area contributed by atoms with Crippen molar-refractivity contribution in [2.75, 3.05) is 9.39 Å². The molecule has 112 valence electrons. The molecule has 0 saturated carbocycles. The van der Waals surface area contributed by atoms with E-state index in [1.165, 1.54) is 24.3 Å². The SMILES string of the molecule is O=S(=O)(O)CS(=O)(=O)N(c1ccccc1)c1ccccc1. The third kappa shape index (κ3) is 4.03. The monoisotopic (exact) mass is 327 g/mol. The fraction of sp³-hybridized carbons (Fsp3) is 0.0769. The molecule has 8 heteroatoms. The van der Waals surface area contributed by atoms with Crippen LogP contribution in [0.1, 0.15) is 0 Å². The van der Waals surface area contributed by atoms with Gasteiger partial charge in [-0.2, -0.15) is 8.42 Å². The van der Waals surface area contributed by atoms with E-state index in [4.69, 9.17) is 4.55 Å². The summed E-state index contributed by atoms with van der Waals surface area (Å²) < 4.78 is 56.3. The quantitative estimate of drug-likeness (QED) is 0.848. The third-order valence-corrected chi connectivity index (χ3v) is 5.92. The summed E-state index contributed by atoms with van der Waals surface area (Å²) in [7, 11) is -8.96. The van der Waals surface area contributed by atoms with Crippen LogP contribution in [0.3, 0.4) is 0 Å². The van der Waals surface area contributed by atoms with Crippen molar-refractivity contribution in [3.63, 3.8) is 0 Å². The molecule has 0 fully saturated rings.